The standard InChI is InChI=1S/C21H34O3S/c1-4-6-8-10-17(11-9-7-5-2)25-20(15-21(23)24)18-13-12-16(3)14-19(18)22/h12-14,17,20,22H,4-11,15H2,1-3H3,(H,23,24). The van der Waals surface area contributed by atoms with Crippen LogP contribution in [0.2, 0.25) is 0 Å². The molecule has 0 radical (unpaired) electrons. The van der Waals surface area contributed by atoms with E-state index in [0.29, 0.717) is 5.25 Å². The Bertz CT molecular complexity index is 506. The van der Waals surface area contributed by atoms with Crippen LogP contribution in [0.15, 0.2) is 18.2 Å². The van der Waals surface area contributed by atoms with Crippen LogP contribution in [0.4, 0.5) is 0 Å². The van der Waals surface area contributed by atoms with Gasteiger partial charge in [0.05, 0.1) is 6.42 Å². The summed E-state index contributed by atoms with van der Waals surface area (Å²) in [4.78, 5) is 11.4. The molecule has 0 aliphatic heterocycles. The van der Waals surface area contributed by atoms with E-state index in [2.05, 4.69) is 13.8 Å². The number of thioether (sulfide) groups is 1. The average Bonchev–Trinajstić information content (AvgIpc) is 2.54. The van der Waals surface area contributed by atoms with Crippen molar-refractivity contribution in [2.75, 3.05) is 0 Å². The maximum Gasteiger partial charge on any atom is 0.304 e. The van der Waals surface area contributed by atoms with Gasteiger partial charge < -0.3 is 10.2 Å². The van der Waals surface area contributed by atoms with E-state index in [-0.39, 0.29) is 17.4 Å². The number of hydrogen-bond donors (Lipinski definition) is 2. The Kier molecular flexibility index (Phi) is 10.7. The highest BCUT2D eigenvalue weighted by Gasteiger charge is 2.23. The number of unbranched alkanes of at least 4 members (excludes halogenated alkanes) is 4. The lowest BCUT2D eigenvalue weighted by Crippen LogP contribution is -2.11. The molecule has 1 unspecified atom stereocenters. The highest BCUT2D eigenvalue weighted by atomic mass is 32.2. The van der Waals surface area contributed by atoms with E-state index in [1.165, 1.54) is 38.5 Å². The Labute approximate surface area is 157 Å². The minimum absolute atomic E-state index is 0.0549. The Morgan fingerprint density at radius 3 is 2.16 bits per heavy atom. The molecule has 0 spiro atoms. The molecule has 0 aliphatic carbocycles. The van der Waals surface area contributed by atoms with Crippen LogP contribution in [0.3, 0.4) is 0 Å². The molecule has 2 N–H and O–H groups in total. The lowest BCUT2D eigenvalue weighted by atomic mass is 10.1. The van der Waals surface area contributed by atoms with E-state index in [4.69, 9.17) is 0 Å². The maximum atomic E-state index is 11.4. The normalized spacial score (nSPS) is 12.5. The second-order valence-corrected chi connectivity index (χ2v) is 8.41. The zero-order valence-electron chi connectivity index (χ0n) is 16.0. The topological polar surface area (TPSA) is 57.5 Å². The Morgan fingerprint density at radius 2 is 1.68 bits per heavy atom. The third-order valence-electron chi connectivity index (χ3n) is 4.51. The molecule has 1 rings (SSSR count). The third kappa shape index (κ3) is 8.66. The molecule has 25 heavy (non-hydrogen) atoms. The fourth-order valence-electron chi connectivity index (χ4n) is 3.07. The first-order valence-electron chi connectivity index (χ1n) is 9.64. The van der Waals surface area contributed by atoms with Crippen LogP contribution in [-0.2, 0) is 4.79 Å². The van der Waals surface area contributed by atoms with Crippen molar-refractivity contribution >= 4 is 17.7 Å². The predicted molar refractivity (Wildman–Crippen MR) is 108 cm³/mol. The summed E-state index contributed by atoms with van der Waals surface area (Å²) in [7, 11) is 0. The van der Waals surface area contributed by atoms with Gasteiger partial charge in [-0.1, -0.05) is 64.5 Å². The molecule has 0 aromatic heterocycles. The molecule has 0 fully saturated rings. The van der Waals surface area contributed by atoms with Crippen LogP contribution in [0.25, 0.3) is 0 Å². The van der Waals surface area contributed by atoms with Crippen LogP contribution in [0, 0.1) is 6.92 Å². The zero-order valence-corrected chi connectivity index (χ0v) is 16.8. The molecule has 0 bridgehead atoms. The molecule has 1 atom stereocenters. The van der Waals surface area contributed by atoms with Crippen molar-refractivity contribution in [3.05, 3.63) is 29.3 Å². The van der Waals surface area contributed by atoms with Crippen molar-refractivity contribution < 1.29 is 15.0 Å². The van der Waals surface area contributed by atoms with Crippen LogP contribution >= 0.6 is 11.8 Å². The summed E-state index contributed by atoms with van der Waals surface area (Å²) < 4.78 is 0. The molecule has 0 aliphatic rings. The number of carbonyl (C=O) groups is 1. The number of benzene rings is 1. The molecule has 142 valence electrons. The third-order valence-corrected chi connectivity index (χ3v) is 6.11. The van der Waals surface area contributed by atoms with Crippen LogP contribution < -0.4 is 0 Å². The largest absolute Gasteiger partial charge is 0.508 e. The Morgan fingerprint density at radius 1 is 1.08 bits per heavy atom. The summed E-state index contributed by atoms with van der Waals surface area (Å²) in [6.07, 6.45) is 9.55. The summed E-state index contributed by atoms with van der Waals surface area (Å²) in [6, 6.07) is 5.57. The molecule has 3 nitrogen and oxygen atoms in total. The van der Waals surface area contributed by atoms with E-state index in [1.807, 2.05) is 19.1 Å². The van der Waals surface area contributed by atoms with Gasteiger partial charge in [-0.3, -0.25) is 4.79 Å². The number of hydrogen-bond acceptors (Lipinski definition) is 3. The van der Waals surface area contributed by atoms with E-state index < -0.39 is 5.97 Å². The smallest absolute Gasteiger partial charge is 0.304 e. The molecule has 0 heterocycles. The van der Waals surface area contributed by atoms with Gasteiger partial charge in [0.2, 0.25) is 0 Å². The van der Waals surface area contributed by atoms with Crippen molar-refractivity contribution in [2.45, 2.75) is 89.1 Å². The first kappa shape index (κ1) is 21.9. The summed E-state index contributed by atoms with van der Waals surface area (Å²) in [5, 5.41) is 19.9. The molecular formula is C21H34O3S. The van der Waals surface area contributed by atoms with Crippen molar-refractivity contribution in [2.24, 2.45) is 0 Å². The van der Waals surface area contributed by atoms with Crippen molar-refractivity contribution in [1.82, 2.24) is 0 Å². The number of carboxylic acid groups (broad SMARTS) is 1. The van der Waals surface area contributed by atoms with E-state index >= 15 is 0 Å². The first-order valence-corrected chi connectivity index (χ1v) is 10.6. The fourth-order valence-corrected chi connectivity index (χ4v) is 4.73. The summed E-state index contributed by atoms with van der Waals surface area (Å²) in [6.45, 7) is 6.34. The lowest BCUT2D eigenvalue weighted by Gasteiger charge is -2.24. The molecule has 1 aromatic carbocycles. The number of phenols is 1. The SMILES string of the molecule is CCCCCC(CCCCC)SC(CC(=O)O)c1ccc(C)cc1O. The minimum Gasteiger partial charge on any atom is -0.508 e. The molecule has 4 heteroatoms. The van der Waals surface area contributed by atoms with Gasteiger partial charge >= 0.3 is 5.97 Å². The maximum absolute atomic E-state index is 11.4. The quantitative estimate of drug-likeness (QED) is 0.392. The second-order valence-electron chi connectivity index (χ2n) is 6.90. The van der Waals surface area contributed by atoms with Crippen LogP contribution in [0.5, 0.6) is 5.75 Å². The molecule has 0 saturated heterocycles. The van der Waals surface area contributed by atoms with Crippen molar-refractivity contribution in [3.8, 4) is 5.75 Å². The van der Waals surface area contributed by atoms with E-state index in [0.717, 1.165) is 24.0 Å². The minimum atomic E-state index is -0.807. The molecular weight excluding hydrogens is 332 g/mol. The van der Waals surface area contributed by atoms with Crippen LogP contribution in [-0.4, -0.2) is 21.4 Å². The molecule has 0 saturated carbocycles. The summed E-state index contributed by atoms with van der Waals surface area (Å²) in [5.74, 6) is -0.585. The predicted octanol–water partition coefficient (Wildman–Crippen LogP) is 6.48. The summed E-state index contributed by atoms with van der Waals surface area (Å²) >= 11 is 1.75. The van der Waals surface area contributed by atoms with Crippen LogP contribution in [0.1, 0.15) is 88.0 Å². The highest BCUT2D eigenvalue weighted by Crippen LogP contribution is 2.42. The average molecular weight is 367 g/mol. The van der Waals surface area contributed by atoms with E-state index in [1.54, 1.807) is 17.8 Å². The summed E-state index contributed by atoms with van der Waals surface area (Å²) in [5.41, 5.74) is 1.75. The number of phenolic OH excluding ortho intramolecular Hbond substituents is 1. The molecule has 0 amide bonds. The number of aromatic hydroxyl groups is 1. The molecule has 1 aromatic rings. The zero-order chi connectivity index (χ0) is 18.7. The highest BCUT2D eigenvalue weighted by molar-refractivity contribution is 8.00. The van der Waals surface area contributed by atoms with E-state index in [9.17, 15) is 15.0 Å². The van der Waals surface area contributed by atoms with Gasteiger partial charge in [0.1, 0.15) is 5.75 Å². The number of aliphatic carboxylic acids is 1. The Balaban J connectivity index is 2.87. The van der Waals surface area contributed by atoms with Gasteiger partial charge in [-0.05, 0) is 31.4 Å². The van der Waals surface area contributed by atoms with Crippen molar-refractivity contribution in [1.29, 1.82) is 0 Å². The monoisotopic (exact) mass is 366 g/mol. The van der Waals surface area contributed by atoms with Gasteiger partial charge in [-0.15, -0.1) is 11.8 Å². The fraction of sp³-hybridized carbons (Fsp3) is 0.667. The van der Waals surface area contributed by atoms with Gasteiger partial charge in [-0.2, -0.15) is 0 Å². The Hall–Kier alpha value is -1.16. The van der Waals surface area contributed by atoms with Gasteiger partial charge in [0, 0.05) is 16.1 Å². The second kappa shape index (κ2) is 12.2. The van der Waals surface area contributed by atoms with Crippen molar-refractivity contribution in [3.63, 3.8) is 0 Å². The van der Waals surface area contributed by atoms with Gasteiger partial charge in [-0.25, -0.2) is 0 Å². The first-order chi connectivity index (χ1) is 12.0. The number of carboxylic acids is 1. The lowest BCUT2D eigenvalue weighted by molar-refractivity contribution is -0.137. The van der Waals surface area contributed by atoms with Gasteiger partial charge in [0.25, 0.3) is 0 Å². The van der Waals surface area contributed by atoms with Gasteiger partial charge in [0.15, 0.2) is 0 Å². The number of rotatable bonds is 13. The number of aryl methyl sites for hydroxylation is 1.